The topological polar surface area (TPSA) is 29.5 Å². The largest absolute Gasteiger partial charge is 0.504 e. The van der Waals surface area contributed by atoms with Gasteiger partial charge in [0.15, 0.2) is 11.5 Å². The first-order valence-electron chi connectivity index (χ1n) is 4.00. The number of aromatic hydroxyl groups is 1. The first kappa shape index (κ1) is 10.8. The number of benzene rings is 1. The van der Waals surface area contributed by atoms with Gasteiger partial charge in [-0.25, -0.2) is 0 Å². The van der Waals surface area contributed by atoms with Crippen molar-refractivity contribution in [3.63, 3.8) is 0 Å². The predicted octanol–water partition coefficient (Wildman–Crippen LogP) is 2.35. The van der Waals surface area contributed by atoms with Crippen molar-refractivity contribution in [2.75, 3.05) is 6.61 Å². The van der Waals surface area contributed by atoms with Gasteiger partial charge in [0.05, 0.1) is 10.2 Å². The van der Waals surface area contributed by atoms with Crippen LogP contribution in [0.4, 0.5) is 0 Å². The lowest BCUT2D eigenvalue weighted by molar-refractivity contribution is 0.299. The van der Waals surface area contributed by atoms with E-state index in [4.69, 9.17) is 4.74 Å². The Morgan fingerprint density at radius 2 is 2.23 bits per heavy atom. The summed E-state index contributed by atoms with van der Waals surface area (Å²) in [4.78, 5) is 0. The van der Waals surface area contributed by atoms with E-state index in [1.165, 1.54) is 0 Å². The zero-order chi connectivity index (χ0) is 9.68. The summed E-state index contributed by atoms with van der Waals surface area (Å²) in [6.45, 7) is 0.622. The quantitative estimate of drug-likeness (QED) is 0.526. The Balaban J connectivity index is 2.61. The molecular formula is C9H10IO2Si. The van der Waals surface area contributed by atoms with E-state index in [0.29, 0.717) is 12.4 Å². The van der Waals surface area contributed by atoms with Crippen molar-refractivity contribution in [2.24, 2.45) is 0 Å². The molecule has 0 spiro atoms. The molecule has 1 N–H and O–H groups in total. The van der Waals surface area contributed by atoms with Crippen molar-refractivity contribution in [2.45, 2.75) is 12.5 Å². The summed E-state index contributed by atoms with van der Waals surface area (Å²) < 4.78 is 6.19. The molecule has 0 unspecified atom stereocenters. The van der Waals surface area contributed by atoms with Crippen molar-refractivity contribution in [1.82, 2.24) is 0 Å². The van der Waals surface area contributed by atoms with Gasteiger partial charge in [-0.1, -0.05) is 12.1 Å². The molecule has 1 rings (SSSR count). The van der Waals surface area contributed by atoms with Gasteiger partial charge in [0, 0.05) is 10.2 Å². The van der Waals surface area contributed by atoms with Gasteiger partial charge in [0.1, 0.15) is 0 Å². The molecule has 0 saturated heterocycles. The summed E-state index contributed by atoms with van der Waals surface area (Å²) in [5.41, 5.74) is 0. The highest BCUT2D eigenvalue weighted by Crippen LogP contribution is 2.30. The van der Waals surface area contributed by atoms with Gasteiger partial charge >= 0.3 is 0 Å². The molecule has 2 nitrogen and oxygen atoms in total. The molecule has 0 aliphatic heterocycles. The molecule has 0 aromatic heterocycles. The number of halogens is 1. The summed E-state index contributed by atoms with van der Waals surface area (Å²) in [6.07, 6.45) is 0.932. The van der Waals surface area contributed by atoms with Crippen LogP contribution in [-0.4, -0.2) is 22.0 Å². The van der Waals surface area contributed by atoms with Crippen LogP contribution in [0.3, 0.4) is 0 Å². The molecule has 0 aliphatic rings. The Bertz CT molecular complexity index is 278. The van der Waals surface area contributed by atoms with Crippen molar-refractivity contribution in [3.05, 3.63) is 21.8 Å². The van der Waals surface area contributed by atoms with E-state index in [1.807, 2.05) is 12.1 Å². The maximum Gasteiger partial charge on any atom is 0.171 e. The molecule has 13 heavy (non-hydrogen) atoms. The molecule has 0 atom stereocenters. The molecule has 0 bridgehead atoms. The van der Waals surface area contributed by atoms with Crippen molar-refractivity contribution in [1.29, 1.82) is 0 Å². The molecule has 0 aliphatic carbocycles. The zero-order valence-electron chi connectivity index (χ0n) is 7.09. The standard InChI is InChI=1S/C9H10IO2Si/c10-7-3-1-4-8(9(7)11)12-5-2-6-13/h1,3-4,11H,2,5-6H2. The van der Waals surface area contributed by atoms with Crippen LogP contribution in [-0.2, 0) is 0 Å². The summed E-state index contributed by atoms with van der Waals surface area (Å²) in [6, 6.07) is 6.38. The molecular weight excluding hydrogens is 295 g/mol. The third-order valence-electron chi connectivity index (χ3n) is 1.53. The van der Waals surface area contributed by atoms with E-state index >= 15 is 0 Å². The Morgan fingerprint density at radius 1 is 1.46 bits per heavy atom. The maximum absolute atomic E-state index is 9.55. The second kappa shape index (κ2) is 5.49. The molecule has 4 heteroatoms. The number of ether oxygens (including phenoxy) is 1. The number of hydrogen-bond donors (Lipinski definition) is 1. The van der Waals surface area contributed by atoms with Gasteiger partial charge in [-0.3, -0.25) is 0 Å². The van der Waals surface area contributed by atoms with Crippen LogP contribution in [0, 0.1) is 3.57 Å². The van der Waals surface area contributed by atoms with Gasteiger partial charge in [0.25, 0.3) is 0 Å². The lowest BCUT2D eigenvalue weighted by atomic mass is 10.3. The highest BCUT2D eigenvalue weighted by Gasteiger charge is 2.04. The van der Waals surface area contributed by atoms with E-state index in [0.717, 1.165) is 16.0 Å². The van der Waals surface area contributed by atoms with Crippen LogP contribution in [0.1, 0.15) is 6.42 Å². The molecule has 69 valence electrons. The first-order valence-corrected chi connectivity index (χ1v) is 5.79. The monoisotopic (exact) mass is 305 g/mol. The Labute approximate surface area is 94.9 Å². The molecule has 1 aromatic rings. The second-order valence-corrected chi connectivity index (χ2v) is 4.20. The average molecular weight is 305 g/mol. The highest BCUT2D eigenvalue weighted by atomic mass is 127. The van der Waals surface area contributed by atoms with Gasteiger partial charge in [0.2, 0.25) is 0 Å². The Kier molecular flexibility index (Phi) is 4.58. The Morgan fingerprint density at radius 3 is 2.92 bits per heavy atom. The van der Waals surface area contributed by atoms with Crippen LogP contribution in [0.2, 0.25) is 6.04 Å². The van der Waals surface area contributed by atoms with Crippen molar-refractivity contribution in [3.8, 4) is 11.5 Å². The Hall–Kier alpha value is -0.233. The number of phenols is 1. The van der Waals surface area contributed by atoms with Gasteiger partial charge < -0.3 is 9.84 Å². The minimum absolute atomic E-state index is 0.233. The number of hydrogen-bond acceptors (Lipinski definition) is 2. The van der Waals surface area contributed by atoms with Gasteiger partial charge in [-0.15, -0.1) is 0 Å². The molecule has 3 radical (unpaired) electrons. The van der Waals surface area contributed by atoms with Gasteiger partial charge in [-0.05, 0) is 41.1 Å². The summed E-state index contributed by atoms with van der Waals surface area (Å²) in [7, 11) is 3.36. The van der Waals surface area contributed by atoms with Crippen LogP contribution in [0.5, 0.6) is 11.5 Å². The van der Waals surface area contributed by atoms with Crippen LogP contribution >= 0.6 is 22.6 Å². The number of phenolic OH excluding ortho intramolecular Hbond substituents is 1. The fourth-order valence-corrected chi connectivity index (χ4v) is 1.48. The fourth-order valence-electron chi connectivity index (χ4n) is 0.866. The molecule has 1 aromatic carbocycles. The number of rotatable bonds is 4. The van der Waals surface area contributed by atoms with E-state index in [-0.39, 0.29) is 5.75 Å². The van der Waals surface area contributed by atoms with E-state index in [2.05, 4.69) is 32.8 Å². The van der Waals surface area contributed by atoms with Gasteiger partial charge in [-0.2, -0.15) is 0 Å². The van der Waals surface area contributed by atoms with Crippen molar-refractivity contribution < 1.29 is 9.84 Å². The molecule has 0 heterocycles. The smallest absolute Gasteiger partial charge is 0.171 e. The summed E-state index contributed by atoms with van der Waals surface area (Å²) in [5.74, 6) is 0.795. The zero-order valence-corrected chi connectivity index (χ0v) is 10.2. The summed E-state index contributed by atoms with van der Waals surface area (Å²) in [5, 5.41) is 9.55. The molecule has 0 fully saturated rings. The predicted molar refractivity (Wildman–Crippen MR) is 61.5 cm³/mol. The SMILES string of the molecule is Oc1c(I)cccc1OCCC[Si]. The molecule has 0 saturated carbocycles. The van der Waals surface area contributed by atoms with E-state index < -0.39 is 0 Å². The minimum Gasteiger partial charge on any atom is -0.504 e. The first-order chi connectivity index (χ1) is 6.25. The van der Waals surface area contributed by atoms with Crippen molar-refractivity contribution >= 4 is 32.8 Å². The highest BCUT2D eigenvalue weighted by molar-refractivity contribution is 14.1. The third-order valence-corrected chi connectivity index (χ3v) is 2.75. The fraction of sp³-hybridized carbons (Fsp3) is 0.333. The lowest BCUT2D eigenvalue weighted by Gasteiger charge is -2.07. The third kappa shape index (κ3) is 3.19. The number of para-hydroxylation sites is 1. The van der Waals surface area contributed by atoms with Crippen LogP contribution in [0.15, 0.2) is 18.2 Å². The minimum atomic E-state index is 0.233. The maximum atomic E-state index is 9.55. The second-order valence-electron chi connectivity index (χ2n) is 2.54. The lowest BCUT2D eigenvalue weighted by Crippen LogP contribution is -1.97. The average Bonchev–Trinajstić information content (AvgIpc) is 2.13. The summed E-state index contributed by atoms with van der Waals surface area (Å²) >= 11 is 2.07. The van der Waals surface area contributed by atoms with Crippen LogP contribution in [0.25, 0.3) is 0 Å². The van der Waals surface area contributed by atoms with Crippen LogP contribution < -0.4 is 4.74 Å². The molecule has 0 amide bonds. The normalized spacial score (nSPS) is 10.0. The van der Waals surface area contributed by atoms with E-state index in [9.17, 15) is 5.11 Å². The van der Waals surface area contributed by atoms with E-state index in [1.54, 1.807) is 6.07 Å².